The molecule has 17 heavy (non-hydrogen) atoms. The van der Waals surface area contributed by atoms with Gasteiger partial charge in [-0.05, 0) is 19.8 Å². The van der Waals surface area contributed by atoms with Crippen LogP contribution in [0.4, 0.5) is 0 Å². The van der Waals surface area contributed by atoms with Crippen molar-refractivity contribution < 1.29 is 9.47 Å². The Labute approximate surface area is 107 Å². The summed E-state index contributed by atoms with van der Waals surface area (Å²) in [5.74, 6) is 0. The van der Waals surface area contributed by atoms with Crippen molar-refractivity contribution in [1.82, 2.24) is 0 Å². The third kappa shape index (κ3) is 9.61. The quantitative estimate of drug-likeness (QED) is 0.629. The molecule has 0 saturated carbocycles. The molecule has 1 fully saturated rings. The van der Waals surface area contributed by atoms with Gasteiger partial charge in [0.2, 0.25) is 0 Å². The zero-order valence-corrected chi connectivity index (χ0v) is 11.6. The Morgan fingerprint density at radius 3 is 1.71 bits per heavy atom. The van der Waals surface area contributed by atoms with Gasteiger partial charge in [0, 0.05) is 13.2 Å². The van der Waals surface area contributed by atoms with Crippen molar-refractivity contribution in [3.05, 3.63) is 0 Å². The van der Waals surface area contributed by atoms with Crippen molar-refractivity contribution in [2.24, 2.45) is 0 Å². The fourth-order valence-electron chi connectivity index (χ4n) is 2.30. The summed E-state index contributed by atoms with van der Waals surface area (Å²) >= 11 is 0. The highest BCUT2D eigenvalue weighted by molar-refractivity contribution is 4.52. The molecule has 1 heterocycles. The van der Waals surface area contributed by atoms with E-state index in [0.29, 0.717) is 0 Å². The molecule has 1 atom stereocenters. The van der Waals surface area contributed by atoms with Crippen LogP contribution in [0.15, 0.2) is 0 Å². The van der Waals surface area contributed by atoms with Crippen LogP contribution in [0.25, 0.3) is 0 Å². The van der Waals surface area contributed by atoms with Gasteiger partial charge in [-0.3, -0.25) is 0 Å². The molecule has 1 aliphatic heterocycles. The summed E-state index contributed by atoms with van der Waals surface area (Å²) in [5.41, 5.74) is 0. The first-order chi connectivity index (χ1) is 8.39. The van der Waals surface area contributed by atoms with Gasteiger partial charge in [-0.1, -0.05) is 51.4 Å². The first-order valence-corrected chi connectivity index (χ1v) is 7.59. The van der Waals surface area contributed by atoms with E-state index in [0.717, 1.165) is 19.8 Å². The minimum atomic E-state index is 0.267. The maximum Gasteiger partial charge on any atom is 0.0780 e. The lowest BCUT2D eigenvalue weighted by Gasteiger charge is -2.14. The summed E-state index contributed by atoms with van der Waals surface area (Å²) < 4.78 is 11.3. The van der Waals surface area contributed by atoms with Gasteiger partial charge < -0.3 is 9.47 Å². The van der Waals surface area contributed by atoms with Crippen LogP contribution in [0.5, 0.6) is 0 Å². The average molecular weight is 242 g/mol. The molecule has 1 aliphatic rings. The predicted octanol–water partition coefficient (Wildman–Crippen LogP) is 4.32. The van der Waals surface area contributed by atoms with E-state index < -0.39 is 0 Å². The van der Waals surface area contributed by atoms with Crippen LogP contribution in [0.3, 0.4) is 0 Å². The lowest BCUT2D eigenvalue weighted by atomic mass is 10.1. The molecule has 0 bridgehead atoms. The minimum absolute atomic E-state index is 0.267. The van der Waals surface area contributed by atoms with E-state index in [9.17, 15) is 0 Å². The Balaban J connectivity index is 2.09. The molecule has 102 valence electrons. The van der Waals surface area contributed by atoms with Gasteiger partial charge in [-0.25, -0.2) is 0 Å². The molecule has 2 heteroatoms. The molecule has 0 aromatic carbocycles. The van der Waals surface area contributed by atoms with E-state index in [1.165, 1.54) is 64.2 Å². The van der Waals surface area contributed by atoms with Crippen molar-refractivity contribution >= 4 is 0 Å². The second kappa shape index (κ2) is 11.0. The van der Waals surface area contributed by atoms with E-state index in [1.54, 1.807) is 0 Å². The zero-order chi connectivity index (χ0) is 12.2. The van der Waals surface area contributed by atoms with E-state index in [1.807, 2.05) is 0 Å². The Bertz CT molecular complexity index is 143. The standard InChI is InChI=1S/C15H30O2/c1-15-14-16-12-10-8-6-4-2-3-5-7-9-11-13-17-15/h15H,2-14H2,1H3/t15-/m0/s1. The molecule has 1 rings (SSSR count). The smallest absolute Gasteiger partial charge is 0.0780 e. The van der Waals surface area contributed by atoms with Gasteiger partial charge in [0.15, 0.2) is 0 Å². The molecule has 1 saturated heterocycles. The monoisotopic (exact) mass is 242 g/mol. The van der Waals surface area contributed by atoms with Gasteiger partial charge in [0.1, 0.15) is 0 Å². The van der Waals surface area contributed by atoms with Crippen LogP contribution >= 0.6 is 0 Å². The third-order valence-electron chi connectivity index (χ3n) is 3.44. The Hall–Kier alpha value is -0.0800. The molecule has 0 radical (unpaired) electrons. The second-order valence-corrected chi connectivity index (χ2v) is 5.29. The highest BCUT2D eigenvalue weighted by Crippen LogP contribution is 2.11. The van der Waals surface area contributed by atoms with E-state index >= 15 is 0 Å². The normalized spacial score (nSPS) is 27.7. The Morgan fingerprint density at radius 1 is 0.647 bits per heavy atom. The van der Waals surface area contributed by atoms with Crippen LogP contribution in [-0.4, -0.2) is 25.9 Å². The van der Waals surface area contributed by atoms with Crippen LogP contribution < -0.4 is 0 Å². The molecule has 0 amide bonds. The zero-order valence-electron chi connectivity index (χ0n) is 11.6. The SMILES string of the molecule is C[C@H]1COCCCCCCCCCCCCO1. The molecule has 0 N–H and O–H groups in total. The van der Waals surface area contributed by atoms with Crippen LogP contribution in [0.1, 0.15) is 71.1 Å². The maximum absolute atomic E-state index is 5.72. The summed E-state index contributed by atoms with van der Waals surface area (Å²) in [6.07, 6.45) is 13.8. The van der Waals surface area contributed by atoms with Crippen molar-refractivity contribution in [3.8, 4) is 0 Å². The summed E-state index contributed by atoms with van der Waals surface area (Å²) in [7, 11) is 0. The van der Waals surface area contributed by atoms with Crippen LogP contribution in [0, 0.1) is 0 Å². The van der Waals surface area contributed by atoms with Crippen LogP contribution in [-0.2, 0) is 9.47 Å². The molecule has 0 aromatic rings. The second-order valence-electron chi connectivity index (χ2n) is 5.29. The minimum Gasteiger partial charge on any atom is -0.379 e. The Morgan fingerprint density at radius 2 is 1.12 bits per heavy atom. The summed E-state index contributed by atoms with van der Waals surface area (Å²) in [6, 6.07) is 0. The van der Waals surface area contributed by atoms with Gasteiger partial charge in [0.05, 0.1) is 12.7 Å². The summed E-state index contributed by atoms with van der Waals surface area (Å²) in [6.45, 7) is 4.70. The van der Waals surface area contributed by atoms with Gasteiger partial charge >= 0.3 is 0 Å². The lowest BCUT2D eigenvalue weighted by molar-refractivity contribution is -0.00877. The maximum atomic E-state index is 5.72. The van der Waals surface area contributed by atoms with Crippen molar-refractivity contribution in [3.63, 3.8) is 0 Å². The number of ether oxygens (including phenoxy) is 2. The van der Waals surface area contributed by atoms with E-state index in [-0.39, 0.29) is 6.10 Å². The molecule has 0 aromatic heterocycles. The molecular weight excluding hydrogens is 212 g/mol. The molecular formula is C15H30O2. The predicted molar refractivity (Wildman–Crippen MR) is 72.4 cm³/mol. The highest BCUT2D eigenvalue weighted by Gasteiger charge is 2.02. The van der Waals surface area contributed by atoms with Gasteiger partial charge in [-0.2, -0.15) is 0 Å². The van der Waals surface area contributed by atoms with Crippen LogP contribution in [0.2, 0.25) is 0 Å². The van der Waals surface area contributed by atoms with Crippen molar-refractivity contribution in [2.75, 3.05) is 19.8 Å². The fourth-order valence-corrected chi connectivity index (χ4v) is 2.30. The molecule has 0 aliphatic carbocycles. The summed E-state index contributed by atoms with van der Waals surface area (Å²) in [4.78, 5) is 0. The largest absolute Gasteiger partial charge is 0.379 e. The third-order valence-corrected chi connectivity index (χ3v) is 3.44. The molecule has 0 unspecified atom stereocenters. The lowest BCUT2D eigenvalue weighted by Crippen LogP contribution is -2.17. The first-order valence-electron chi connectivity index (χ1n) is 7.59. The number of rotatable bonds is 0. The fraction of sp³-hybridized carbons (Fsp3) is 1.00. The van der Waals surface area contributed by atoms with Crippen molar-refractivity contribution in [2.45, 2.75) is 77.2 Å². The van der Waals surface area contributed by atoms with E-state index in [4.69, 9.17) is 9.47 Å². The van der Waals surface area contributed by atoms with Gasteiger partial charge in [-0.15, -0.1) is 0 Å². The number of hydrogen-bond acceptors (Lipinski definition) is 2. The summed E-state index contributed by atoms with van der Waals surface area (Å²) in [5, 5.41) is 0. The van der Waals surface area contributed by atoms with E-state index in [2.05, 4.69) is 6.92 Å². The Kier molecular flexibility index (Phi) is 9.72. The van der Waals surface area contributed by atoms with Crippen molar-refractivity contribution in [1.29, 1.82) is 0 Å². The average Bonchev–Trinajstić information content (AvgIpc) is 2.32. The number of hydrogen-bond donors (Lipinski definition) is 0. The topological polar surface area (TPSA) is 18.5 Å². The van der Waals surface area contributed by atoms with Gasteiger partial charge in [0.25, 0.3) is 0 Å². The highest BCUT2D eigenvalue weighted by atomic mass is 16.5. The first kappa shape index (κ1) is 15.0. The molecule has 0 spiro atoms. The molecule has 2 nitrogen and oxygen atoms in total.